The maximum Gasteiger partial charge on any atom is 0.221 e. The molecular formula is C16H22N4O2. The van der Waals surface area contributed by atoms with Gasteiger partial charge in [0.15, 0.2) is 0 Å². The number of fused-ring (bicyclic) bond motifs is 1. The molecule has 2 amide bonds. The Kier molecular flexibility index (Phi) is 5.97. The van der Waals surface area contributed by atoms with Crippen LogP contribution in [0.3, 0.4) is 0 Å². The quantitative estimate of drug-likeness (QED) is 0.577. The molecule has 2 aromatic rings. The van der Waals surface area contributed by atoms with Gasteiger partial charge in [-0.05, 0) is 18.1 Å². The third-order valence-corrected chi connectivity index (χ3v) is 3.44. The van der Waals surface area contributed by atoms with Crippen LogP contribution < -0.4 is 16.4 Å². The van der Waals surface area contributed by atoms with Crippen molar-refractivity contribution >= 4 is 22.7 Å². The van der Waals surface area contributed by atoms with Crippen molar-refractivity contribution in [1.82, 2.24) is 15.6 Å². The number of hydrogen-bond donors (Lipinski definition) is 4. The Bertz CT molecular complexity index is 636. The predicted molar refractivity (Wildman–Crippen MR) is 86.3 cm³/mol. The van der Waals surface area contributed by atoms with E-state index in [2.05, 4.69) is 21.7 Å². The molecule has 6 nitrogen and oxygen atoms in total. The summed E-state index contributed by atoms with van der Waals surface area (Å²) < 4.78 is 0. The maximum absolute atomic E-state index is 11.7. The van der Waals surface area contributed by atoms with Crippen molar-refractivity contribution < 1.29 is 9.59 Å². The fourth-order valence-corrected chi connectivity index (χ4v) is 2.30. The molecule has 22 heavy (non-hydrogen) atoms. The molecule has 2 rings (SSSR count). The van der Waals surface area contributed by atoms with E-state index >= 15 is 0 Å². The minimum Gasteiger partial charge on any atom is -0.361 e. The van der Waals surface area contributed by atoms with Crippen molar-refractivity contribution in [3.05, 3.63) is 36.0 Å². The molecule has 0 saturated heterocycles. The van der Waals surface area contributed by atoms with Crippen LogP contribution in [0.5, 0.6) is 0 Å². The summed E-state index contributed by atoms with van der Waals surface area (Å²) in [5, 5.41) is 6.71. The van der Waals surface area contributed by atoms with Gasteiger partial charge in [0.25, 0.3) is 0 Å². The Balaban J connectivity index is 1.68. The van der Waals surface area contributed by atoms with Gasteiger partial charge in [-0.3, -0.25) is 9.59 Å². The second-order valence-electron chi connectivity index (χ2n) is 5.10. The Morgan fingerprint density at radius 1 is 1.05 bits per heavy atom. The van der Waals surface area contributed by atoms with Crippen LogP contribution >= 0.6 is 0 Å². The molecule has 0 aliphatic carbocycles. The van der Waals surface area contributed by atoms with Crippen LogP contribution in [-0.2, 0) is 16.0 Å². The summed E-state index contributed by atoms with van der Waals surface area (Å²) in [7, 11) is 0. The molecule has 0 bridgehead atoms. The number of rotatable bonds is 8. The van der Waals surface area contributed by atoms with Crippen LogP contribution in [0.2, 0.25) is 0 Å². The van der Waals surface area contributed by atoms with E-state index in [1.165, 1.54) is 10.9 Å². The first-order chi connectivity index (χ1) is 10.7. The van der Waals surface area contributed by atoms with Gasteiger partial charge in [0.05, 0.1) is 0 Å². The number of aromatic amines is 1. The Hall–Kier alpha value is -2.34. The molecule has 0 radical (unpaired) electrons. The van der Waals surface area contributed by atoms with E-state index in [0.29, 0.717) is 26.1 Å². The lowest BCUT2D eigenvalue weighted by atomic mass is 10.1. The number of hydrogen-bond acceptors (Lipinski definition) is 3. The van der Waals surface area contributed by atoms with Gasteiger partial charge in [-0.1, -0.05) is 18.2 Å². The van der Waals surface area contributed by atoms with Gasteiger partial charge in [-0.15, -0.1) is 0 Å². The lowest BCUT2D eigenvalue weighted by Crippen LogP contribution is -2.32. The van der Waals surface area contributed by atoms with E-state index < -0.39 is 0 Å². The summed E-state index contributed by atoms with van der Waals surface area (Å²) in [5.74, 6) is -0.179. The molecular weight excluding hydrogens is 280 g/mol. The van der Waals surface area contributed by atoms with Crippen molar-refractivity contribution in [1.29, 1.82) is 0 Å². The van der Waals surface area contributed by atoms with Gasteiger partial charge in [0.2, 0.25) is 11.8 Å². The molecule has 0 unspecified atom stereocenters. The average molecular weight is 302 g/mol. The van der Waals surface area contributed by atoms with Crippen LogP contribution in [0.4, 0.5) is 0 Å². The zero-order valence-corrected chi connectivity index (χ0v) is 12.5. The molecule has 5 N–H and O–H groups in total. The first-order valence-corrected chi connectivity index (χ1v) is 7.49. The van der Waals surface area contributed by atoms with Crippen LogP contribution in [-0.4, -0.2) is 36.4 Å². The van der Waals surface area contributed by atoms with E-state index in [1.807, 2.05) is 24.4 Å². The van der Waals surface area contributed by atoms with Gasteiger partial charge in [0.1, 0.15) is 0 Å². The minimum atomic E-state index is -0.117. The zero-order chi connectivity index (χ0) is 15.8. The van der Waals surface area contributed by atoms with Gasteiger partial charge in [0, 0.05) is 49.6 Å². The largest absolute Gasteiger partial charge is 0.361 e. The van der Waals surface area contributed by atoms with Crippen molar-refractivity contribution in [2.45, 2.75) is 19.3 Å². The number of para-hydroxylation sites is 1. The van der Waals surface area contributed by atoms with E-state index in [1.54, 1.807) is 0 Å². The van der Waals surface area contributed by atoms with E-state index in [-0.39, 0.29) is 18.2 Å². The first kappa shape index (κ1) is 16.0. The Morgan fingerprint density at radius 2 is 1.77 bits per heavy atom. The minimum absolute atomic E-state index is 0.0621. The summed E-state index contributed by atoms with van der Waals surface area (Å²) in [5.41, 5.74) is 7.56. The average Bonchev–Trinajstić information content (AvgIpc) is 2.91. The molecule has 118 valence electrons. The SMILES string of the molecule is NCCC(=O)NCCC(=O)NCCc1c[nH]c2ccccc12. The lowest BCUT2D eigenvalue weighted by molar-refractivity contribution is -0.122. The zero-order valence-electron chi connectivity index (χ0n) is 12.5. The summed E-state index contributed by atoms with van der Waals surface area (Å²) in [6.45, 7) is 1.25. The predicted octanol–water partition coefficient (Wildman–Crippen LogP) is 0.682. The van der Waals surface area contributed by atoms with Gasteiger partial charge < -0.3 is 21.4 Å². The van der Waals surface area contributed by atoms with Gasteiger partial charge >= 0.3 is 0 Å². The molecule has 6 heteroatoms. The smallest absolute Gasteiger partial charge is 0.221 e. The topological polar surface area (TPSA) is 100 Å². The Labute approximate surface area is 129 Å². The monoisotopic (exact) mass is 302 g/mol. The van der Waals surface area contributed by atoms with Crippen molar-refractivity contribution in [2.75, 3.05) is 19.6 Å². The molecule has 1 aromatic heterocycles. The van der Waals surface area contributed by atoms with Crippen molar-refractivity contribution in [3.63, 3.8) is 0 Å². The molecule has 0 aliphatic heterocycles. The van der Waals surface area contributed by atoms with Gasteiger partial charge in [-0.2, -0.15) is 0 Å². The molecule has 1 heterocycles. The number of amides is 2. The number of carbonyl (C=O) groups excluding carboxylic acids is 2. The van der Waals surface area contributed by atoms with Crippen LogP contribution in [0.15, 0.2) is 30.5 Å². The highest BCUT2D eigenvalue weighted by molar-refractivity contribution is 5.83. The summed E-state index contributed by atoms with van der Waals surface area (Å²) in [4.78, 5) is 26.1. The highest BCUT2D eigenvalue weighted by atomic mass is 16.2. The molecule has 1 aromatic carbocycles. The highest BCUT2D eigenvalue weighted by Gasteiger charge is 2.05. The maximum atomic E-state index is 11.7. The van der Waals surface area contributed by atoms with E-state index in [0.717, 1.165) is 11.9 Å². The number of benzene rings is 1. The third kappa shape index (κ3) is 4.60. The number of carbonyl (C=O) groups is 2. The molecule has 0 fully saturated rings. The summed E-state index contributed by atoms with van der Waals surface area (Å²) >= 11 is 0. The number of H-pyrrole nitrogens is 1. The highest BCUT2D eigenvalue weighted by Crippen LogP contribution is 2.17. The molecule has 0 spiro atoms. The third-order valence-electron chi connectivity index (χ3n) is 3.44. The van der Waals surface area contributed by atoms with Crippen molar-refractivity contribution in [3.8, 4) is 0 Å². The van der Waals surface area contributed by atoms with Gasteiger partial charge in [-0.25, -0.2) is 0 Å². The second kappa shape index (κ2) is 8.19. The molecule has 0 saturated carbocycles. The fourth-order valence-electron chi connectivity index (χ4n) is 2.30. The lowest BCUT2D eigenvalue weighted by Gasteiger charge is -2.06. The van der Waals surface area contributed by atoms with Crippen LogP contribution in [0.1, 0.15) is 18.4 Å². The number of aromatic nitrogens is 1. The second-order valence-corrected chi connectivity index (χ2v) is 5.10. The summed E-state index contributed by atoms with van der Waals surface area (Å²) in [6.07, 6.45) is 3.32. The standard InChI is InChI=1S/C16H22N4O2/c17-8-5-15(21)19-10-7-16(22)18-9-6-12-11-20-14-4-2-1-3-13(12)14/h1-4,11,20H,5-10,17H2,(H,18,22)(H,19,21). The van der Waals surface area contributed by atoms with Crippen molar-refractivity contribution in [2.24, 2.45) is 5.73 Å². The number of nitrogens with two attached hydrogens (primary N) is 1. The van der Waals surface area contributed by atoms with E-state index in [9.17, 15) is 9.59 Å². The normalized spacial score (nSPS) is 10.6. The summed E-state index contributed by atoms with van der Waals surface area (Å²) in [6, 6.07) is 8.09. The number of nitrogens with one attached hydrogen (secondary N) is 3. The van der Waals surface area contributed by atoms with E-state index in [4.69, 9.17) is 5.73 Å². The van der Waals surface area contributed by atoms with Crippen LogP contribution in [0.25, 0.3) is 10.9 Å². The first-order valence-electron chi connectivity index (χ1n) is 7.49. The van der Waals surface area contributed by atoms with Crippen LogP contribution in [0, 0.1) is 0 Å². The Morgan fingerprint density at radius 3 is 2.59 bits per heavy atom. The molecule has 0 atom stereocenters. The molecule has 0 aliphatic rings. The fraction of sp³-hybridized carbons (Fsp3) is 0.375.